The number of ether oxygens (including phenoxy) is 2. The minimum atomic E-state index is -0.735. The summed E-state index contributed by atoms with van der Waals surface area (Å²) in [6.45, 7) is 3.67. The van der Waals surface area contributed by atoms with Gasteiger partial charge in [-0.2, -0.15) is 0 Å². The molecule has 138 valence electrons. The largest absolute Gasteiger partial charge is 0.481 e. The molecule has 0 aromatic heterocycles. The van der Waals surface area contributed by atoms with Gasteiger partial charge in [-0.25, -0.2) is 4.79 Å². The van der Waals surface area contributed by atoms with Gasteiger partial charge in [-0.15, -0.1) is 0 Å². The molecule has 0 aliphatic heterocycles. The molecule has 0 spiro atoms. The van der Waals surface area contributed by atoms with Crippen molar-refractivity contribution in [2.45, 2.75) is 20.0 Å². The molecule has 0 aliphatic rings. The fourth-order valence-electron chi connectivity index (χ4n) is 2.71. The molecule has 3 aromatic carbocycles. The second-order valence-corrected chi connectivity index (χ2v) is 6.02. The van der Waals surface area contributed by atoms with Crippen molar-refractivity contribution in [3.8, 4) is 5.75 Å². The van der Waals surface area contributed by atoms with Crippen LogP contribution >= 0.6 is 0 Å². The zero-order valence-electron chi connectivity index (χ0n) is 15.3. The van der Waals surface area contributed by atoms with Crippen LogP contribution in [0.1, 0.15) is 24.2 Å². The van der Waals surface area contributed by atoms with E-state index in [1.165, 1.54) is 0 Å². The quantitative estimate of drug-likeness (QED) is 0.658. The first-order valence-corrected chi connectivity index (χ1v) is 8.81. The van der Waals surface area contributed by atoms with Gasteiger partial charge in [0.1, 0.15) is 5.75 Å². The Hall–Kier alpha value is -3.34. The van der Waals surface area contributed by atoms with E-state index in [0.29, 0.717) is 17.0 Å². The third kappa shape index (κ3) is 4.44. The lowest BCUT2D eigenvalue weighted by molar-refractivity contribution is -0.122. The zero-order valence-corrected chi connectivity index (χ0v) is 15.3. The van der Waals surface area contributed by atoms with Crippen molar-refractivity contribution in [3.05, 3.63) is 72.3 Å². The van der Waals surface area contributed by atoms with E-state index in [4.69, 9.17) is 9.47 Å². The maximum absolute atomic E-state index is 12.5. The number of esters is 1. The third-order valence-electron chi connectivity index (χ3n) is 4.08. The highest BCUT2D eigenvalue weighted by molar-refractivity contribution is 6.02. The van der Waals surface area contributed by atoms with E-state index in [0.717, 1.165) is 10.8 Å². The van der Waals surface area contributed by atoms with Gasteiger partial charge in [-0.05, 0) is 48.9 Å². The Kier molecular flexibility index (Phi) is 5.71. The number of hydrogen-bond donors (Lipinski definition) is 1. The number of benzene rings is 3. The van der Waals surface area contributed by atoms with Crippen molar-refractivity contribution in [1.29, 1.82) is 0 Å². The summed E-state index contributed by atoms with van der Waals surface area (Å²) >= 11 is 0. The molecule has 0 radical (unpaired) electrons. The average Bonchev–Trinajstić information content (AvgIpc) is 2.68. The number of rotatable bonds is 6. The van der Waals surface area contributed by atoms with Crippen molar-refractivity contribution in [2.75, 3.05) is 11.9 Å². The molecule has 27 heavy (non-hydrogen) atoms. The molecule has 5 nitrogen and oxygen atoms in total. The highest BCUT2D eigenvalue weighted by atomic mass is 16.5. The molecule has 1 unspecified atom stereocenters. The van der Waals surface area contributed by atoms with Crippen LogP contribution in [0.25, 0.3) is 10.8 Å². The van der Waals surface area contributed by atoms with E-state index < -0.39 is 12.1 Å². The SMILES string of the molecule is CCOC(=O)c1ccccc1NC(=O)C(C)Oc1ccc2ccccc2c1. The molecule has 1 atom stereocenters. The predicted octanol–water partition coefficient (Wildman–Crippen LogP) is 4.42. The van der Waals surface area contributed by atoms with Gasteiger partial charge in [0.2, 0.25) is 0 Å². The van der Waals surface area contributed by atoms with Crippen molar-refractivity contribution < 1.29 is 19.1 Å². The lowest BCUT2D eigenvalue weighted by Gasteiger charge is -2.16. The van der Waals surface area contributed by atoms with E-state index in [9.17, 15) is 9.59 Å². The van der Waals surface area contributed by atoms with Crippen LogP contribution in [-0.4, -0.2) is 24.6 Å². The van der Waals surface area contributed by atoms with Crippen molar-refractivity contribution in [3.63, 3.8) is 0 Å². The molecule has 1 N–H and O–H groups in total. The van der Waals surface area contributed by atoms with E-state index in [2.05, 4.69) is 5.32 Å². The maximum atomic E-state index is 12.5. The number of fused-ring (bicyclic) bond motifs is 1. The first-order chi connectivity index (χ1) is 13.1. The molecule has 0 aliphatic carbocycles. The summed E-state index contributed by atoms with van der Waals surface area (Å²) in [6, 6.07) is 20.3. The minimum Gasteiger partial charge on any atom is -0.481 e. The standard InChI is InChI=1S/C22H21NO4/c1-3-26-22(25)19-10-6-7-11-20(19)23-21(24)15(2)27-18-13-12-16-8-4-5-9-17(16)14-18/h4-15H,3H2,1-2H3,(H,23,24). The number of nitrogens with one attached hydrogen (secondary N) is 1. The Morgan fingerprint density at radius 2 is 1.67 bits per heavy atom. The van der Waals surface area contributed by atoms with Gasteiger partial charge in [-0.1, -0.05) is 42.5 Å². The molecule has 0 bridgehead atoms. The van der Waals surface area contributed by atoms with Gasteiger partial charge < -0.3 is 14.8 Å². The van der Waals surface area contributed by atoms with E-state index in [1.807, 2.05) is 42.5 Å². The van der Waals surface area contributed by atoms with Gasteiger partial charge in [-0.3, -0.25) is 4.79 Å². The van der Waals surface area contributed by atoms with E-state index >= 15 is 0 Å². The molecular formula is C22H21NO4. The number of para-hydroxylation sites is 1. The van der Waals surface area contributed by atoms with Crippen LogP contribution in [-0.2, 0) is 9.53 Å². The Bertz CT molecular complexity index is 967. The van der Waals surface area contributed by atoms with Gasteiger partial charge in [0, 0.05) is 0 Å². The van der Waals surface area contributed by atoms with Crippen LogP contribution < -0.4 is 10.1 Å². The number of amides is 1. The van der Waals surface area contributed by atoms with Crippen LogP contribution in [0.3, 0.4) is 0 Å². The fourth-order valence-corrected chi connectivity index (χ4v) is 2.71. The third-order valence-corrected chi connectivity index (χ3v) is 4.08. The molecular weight excluding hydrogens is 342 g/mol. The normalized spacial score (nSPS) is 11.6. The van der Waals surface area contributed by atoms with Crippen LogP contribution in [0, 0.1) is 0 Å². The molecule has 5 heteroatoms. The van der Waals surface area contributed by atoms with Gasteiger partial charge in [0.15, 0.2) is 6.10 Å². The molecule has 1 amide bonds. The summed E-state index contributed by atoms with van der Waals surface area (Å²) < 4.78 is 10.8. The predicted molar refractivity (Wildman–Crippen MR) is 105 cm³/mol. The molecule has 3 rings (SSSR count). The smallest absolute Gasteiger partial charge is 0.340 e. The Morgan fingerprint density at radius 3 is 2.44 bits per heavy atom. The van der Waals surface area contributed by atoms with Crippen LogP contribution in [0.4, 0.5) is 5.69 Å². The summed E-state index contributed by atoms with van der Waals surface area (Å²) in [6.07, 6.45) is -0.735. The highest BCUT2D eigenvalue weighted by Gasteiger charge is 2.19. The maximum Gasteiger partial charge on any atom is 0.340 e. The summed E-state index contributed by atoms with van der Waals surface area (Å²) in [5, 5.41) is 4.88. The highest BCUT2D eigenvalue weighted by Crippen LogP contribution is 2.22. The summed E-state index contributed by atoms with van der Waals surface area (Å²) in [5.74, 6) is -0.216. The van der Waals surface area contributed by atoms with Crippen molar-refractivity contribution >= 4 is 28.3 Å². The second kappa shape index (κ2) is 8.36. The van der Waals surface area contributed by atoms with E-state index in [-0.39, 0.29) is 12.5 Å². The Labute approximate surface area is 157 Å². The van der Waals surface area contributed by atoms with Gasteiger partial charge in [0.05, 0.1) is 17.9 Å². The summed E-state index contributed by atoms with van der Waals surface area (Å²) in [4.78, 5) is 24.6. The van der Waals surface area contributed by atoms with Gasteiger partial charge in [0.25, 0.3) is 5.91 Å². The van der Waals surface area contributed by atoms with Crippen LogP contribution in [0.15, 0.2) is 66.7 Å². The lowest BCUT2D eigenvalue weighted by atomic mass is 10.1. The van der Waals surface area contributed by atoms with Gasteiger partial charge >= 0.3 is 5.97 Å². The number of carbonyl (C=O) groups excluding carboxylic acids is 2. The first kappa shape index (κ1) is 18.5. The van der Waals surface area contributed by atoms with Crippen molar-refractivity contribution in [2.24, 2.45) is 0 Å². The molecule has 0 saturated heterocycles. The fraction of sp³-hybridized carbons (Fsp3) is 0.182. The molecule has 0 heterocycles. The minimum absolute atomic E-state index is 0.266. The average molecular weight is 363 g/mol. The van der Waals surface area contributed by atoms with Crippen LogP contribution in [0.2, 0.25) is 0 Å². The number of carbonyl (C=O) groups is 2. The monoisotopic (exact) mass is 363 g/mol. The molecule has 3 aromatic rings. The summed E-state index contributed by atoms with van der Waals surface area (Å²) in [5.41, 5.74) is 0.709. The Balaban J connectivity index is 1.71. The zero-order chi connectivity index (χ0) is 19.2. The number of anilines is 1. The topological polar surface area (TPSA) is 64.6 Å². The summed E-state index contributed by atoms with van der Waals surface area (Å²) in [7, 11) is 0. The number of hydrogen-bond acceptors (Lipinski definition) is 4. The lowest BCUT2D eigenvalue weighted by Crippen LogP contribution is -2.30. The second-order valence-electron chi connectivity index (χ2n) is 6.02. The molecule has 0 fully saturated rings. The van der Waals surface area contributed by atoms with E-state index in [1.54, 1.807) is 38.1 Å². The molecule has 0 saturated carbocycles. The first-order valence-electron chi connectivity index (χ1n) is 8.81. The Morgan fingerprint density at radius 1 is 0.963 bits per heavy atom. The van der Waals surface area contributed by atoms with Crippen LogP contribution in [0.5, 0.6) is 5.75 Å². The van der Waals surface area contributed by atoms with Crippen molar-refractivity contribution in [1.82, 2.24) is 0 Å².